The largest absolute Gasteiger partial charge is 0.402 e. The van der Waals surface area contributed by atoms with Gasteiger partial charge in [-0.2, -0.15) is 0 Å². The molecule has 5 nitrogen and oxygen atoms in total. The number of nitrogens with one attached hydrogen (secondary N) is 2. The van der Waals surface area contributed by atoms with Gasteiger partial charge in [-0.15, -0.1) is 0 Å². The fraction of sp³-hybridized carbons (Fsp3) is 0.381. The number of pyridine rings is 2. The maximum Gasteiger partial charge on any atom is 0.132 e. The summed E-state index contributed by atoms with van der Waals surface area (Å²) in [6.45, 7) is 5.01. The quantitative estimate of drug-likeness (QED) is 0.489. The van der Waals surface area contributed by atoms with Crippen molar-refractivity contribution in [1.29, 1.82) is 5.41 Å². The highest BCUT2D eigenvalue weighted by atomic mass is 35.5. The lowest BCUT2D eigenvalue weighted by Gasteiger charge is -2.31. The Balaban J connectivity index is 0.00000261. The number of hydrogen-bond donors (Lipinski definition) is 3. The van der Waals surface area contributed by atoms with Gasteiger partial charge in [0.05, 0.1) is 5.71 Å². The average molecular weight is 386 g/mol. The van der Waals surface area contributed by atoms with Crippen LogP contribution in [0.25, 0.3) is 0 Å². The van der Waals surface area contributed by atoms with E-state index in [9.17, 15) is 0 Å². The molecular weight excluding hydrogens is 358 g/mol. The van der Waals surface area contributed by atoms with Crippen LogP contribution in [0.3, 0.4) is 0 Å². The van der Waals surface area contributed by atoms with Crippen LogP contribution in [0.1, 0.15) is 51.7 Å². The predicted octanol–water partition coefficient (Wildman–Crippen LogP) is 5.17. The van der Waals surface area contributed by atoms with Crippen molar-refractivity contribution < 1.29 is 0 Å². The van der Waals surface area contributed by atoms with Crippen LogP contribution in [0.4, 0.5) is 5.82 Å². The smallest absolute Gasteiger partial charge is 0.132 e. The first-order valence-corrected chi connectivity index (χ1v) is 9.09. The van der Waals surface area contributed by atoms with Gasteiger partial charge in [-0.05, 0) is 54.0 Å². The van der Waals surface area contributed by atoms with Gasteiger partial charge in [0.15, 0.2) is 0 Å². The molecule has 2 heterocycles. The zero-order valence-electron chi connectivity index (χ0n) is 15.1. The van der Waals surface area contributed by atoms with Crippen LogP contribution in [0, 0.1) is 10.8 Å². The van der Waals surface area contributed by atoms with Crippen LogP contribution in [0.5, 0.6) is 0 Å². The Morgan fingerprint density at radius 3 is 2.81 bits per heavy atom. The van der Waals surface area contributed by atoms with Crippen molar-refractivity contribution in [3.8, 4) is 0 Å². The van der Waals surface area contributed by atoms with Crippen LogP contribution in [0.15, 0.2) is 47.9 Å². The molecule has 1 aliphatic rings. The molecule has 0 saturated heterocycles. The summed E-state index contributed by atoms with van der Waals surface area (Å²) in [5.74, 6) is 0.636. The maximum absolute atomic E-state index is 8.61. The van der Waals surface area contributed by atoms with Crippen LogP contribution >= 0.6 is 11.6 Å². The Bertz CT molecular complexity index is 843. The highest BCUT2D eigenvalue weighted by molar-refractivity contribution is 6.30. The van der Waals surface area contributed by atoms with Gasteiger partial charge in [-0.3, -0.25) is 10.4 Å². The van der Waals surface area contributed by atoms with E-state index in [0.29, 0.717) is 23.2 Å². The molecule has 0 aliphatic heterocycles. The minimum Gasteiger partial charge on any atom is -0.402 e. The first-order chi connectivity index (χ1) is 12.3. The Kier molecular flexibility index (Phi) is 6.60. The number of nitrogens with two attached hydrogens (primary N) is 1. The van der Waals surface area contributed by atoms with Gasteiger partial charge >= 0.3 is 0 Å². The normalized spacial score (nSPS) is 15.8. The standard InChI is InChI=1S/C20H24ClN5.CH4/c1-20(2)6-5-15(16(22)10-20)19(23)14-8-17(21)26-18(9-14)25-12-13-4-3-7-24-11-13;/h3-4,7-9,11,23H,5-6,10,12,22H2,1-2H3,(H,25,26);1H4. The first kappa shape index (κ1) is 20.9. The lowest BCUT2D eigenvalue weighted by atomic mass is 9.75. The van der Waals surface area contributed by atoms with Crippen molar-refractivity contribution in [2.75, 3.05) is 5.32 Å². The summed E-state index contributed by atoms with van der Waals surface area (Å²) in [5, 5.41) is 12.2. The predicted molar refractivity (Wildman–Crippen MR) is 113 cm³/mol. The third-order valence-electron chi connectivity index (χ3n) is 4.69. The van der Waals surface area contributed by atoms with Crippen LogP contribution < -0.4 is 11.1 Å². The van der Waals surface area contributed by atoms with E-state index in [-0.39, 0.29) is 12.8 Å². The minimum atomic E-state index is 0. The molecule has 0 bridgehead atoms. The third-order valence-corrected chi connectivity index (χ3v) is 4.88. The molecule has 3 rings (SSSR count). The van der Waals surface area contributed by atoms with Gasteiger partial charge in [0.2, 0.25) is 0 Å². The SMILES string of the molecule is C.CC1(C)CCC(C(=N)c2cc(Cl)nc(NCc3cccnc3)c2)=C(N)C1. The van der Waals surface area contributed by atoms with Crippen molar-refractivity contribution >= 4 is 23.1 Å². The highest BCUT2D eigenvalue weighted by Crippen LogP contribution is 2.37. The Labute approximate surface area is 166 Å². The molecule has 0 atom stereocenters. The molecule has 27 heavy (non-hydrogen) atoms. The zero-order valence-corrected chi connectivity index (χ0v) is 15.9. The number of anilines is 1. The molecule has 0 fully saturated rings. The summed E-state index contributed by atoms with van der Waals surface area (Å²) in [6.07, 6.45) is 6.20. The number of allylic oxidation sites excluding steroid dienone is 2. The molecule has 1 aliphatic carbocycles. The van der Waals surface area contributed by atoms with Crippen molar-refractivity contribution in [2.24, 2.45) is 11.1 Å². The van der Waals surface area contributed by atoms with Gasteiger partial charge in [-0.1, -0.05) is 38.9 Å². The number of rotatable bonds is 5. The number of nitrogens with zero attached hydrogens (tertiary/aromatic N) is 2. The molecule has 0 amide bonds. The molecular formula is C21H28ClN5. The molecule has 0 aromatic carbocycles. The maximum atomic E-state index is 8.61. The highest BCUT2D eigenvalue weighted by Gasteiger charge is 2.27. The van der Waals surface area contributed by atoms with Gasteiger partial charge in [-0.25, -0.2) is 4.98 Å². The van der Waals surface area contributed by atoms with Crippen LogP contribution in [-0.2, 0) is 6.54 Å². The van der Waals surface area contributed by atoms with Crippen molar-refractivity contribution in [2.45, 2.75) is 47.1 Å². The van der Waals surface area contributed by atoms with Gasteiger partial charge in [0.1, 0.15) is 11.0 Å². The molecule has 0 saturated carbocycles. The molecule has 2 aromatic rings. The number of hydrogen-bond acceptors (Lipinski definition) is 5. The number of halogens is 1. The third kappa shape index (κ3) is 5.30. The van der Waals surface area contributed by atoms with Crippen molar-refractivity contribution in [3.63, 3.8) is 0 Å². The molecule has 0 unspecified atom stereocenters. The summed E-state index contributed by atoms with van der Waals surface area (Å²) in [7, 11) is 0. The fourth-order valence-electron chi connectivity index (χ4n) is 3.22. The summed E-state index contributed by atoms with van der Waals surface area (Å²) in [6, 6.07) is 7.45. The molecule has 0 radical (unpaired) electrons. The van der Waals surface area contributed by atoms with Gasteiger partial charge in [0.25, 0.3) is 0 Å². The lowest BCUT2D eigenvalue weighted by molar-refractivity contribution is 0.315. The van der Waals surface area contributed by atoms with E-state index >= 15 is 0 Å². The second-order valence-electron chi connectivity index (χ2n) is 7.50. The molecule has 144 valence electrons. The Morgan fingerprint density at radius 2 is 2.15 bits per heavy atom. The molecule has 2 aromatic heterocycles. The lowest BCUT2D eigenvalue weighted by Crippen LogP contribution is -2.25. The summed E-state index contributed by atoms with van der Waals surface area (Å²) < 4.78 is 0. The summed E-state index contributed by atoms with van der Waals surface area (Å²) in [4.78, 5) is 8.41. The molecule has 6 heteroatoms. The Hall–Kier alpha value is -2.40. The zero-order chi connectivity index (χ0) is 18.7. The Morgan fingerprint density at radius 1 is 1.37 bits per heavy atom. The summed E-state index contributed by atoms with van der Waals surface area (Å²) >= 11 is 6.19. The van der Waals surface area contributed by atoms with Crippen molar-refractivity contribution in [3.05, 3.63) is 64.2 Å². The fourth-order valence-corrected chi connectivity index (χ4v) is 3.43. The number of aromatic nitrogens is 2. The van der Waals surface area contributed by atoms with Crippen molar-refractivity contribution in [1.82, 2.24) is 9.97 Å². The van der Waals surface area contributed by atoms with E-state index in [2.05, 4.69) is 29.1 Å². The van der Waals surface area contributed by atoms with Crippen LogP contribution in [-0.4, -0.2) is 15.7 Å². The van der Waals surface area contributed by atoms with E-state index in [0.717, 1.165) is 41.7 Å². The monoisotopic (exact) mass is 385 g/mol. The van der Waals surface area contributed by atoms with Gasteiger partial charge < -0.3 is 11.1 Å². The van der Waals surface area contributed by atoms with E-state index in [4.69, 9.17) is 22.7 Å². The van der Waals surface area contributed by atoms with E-state index in [1.807, 2.05) is 18.2 Å². The van der Waals surface area contributed by atoms with E-state index in [1.165, 1.54) is 0 Å². The second-order valence-corrected chi connectivity index (χ2v) is 7.89. The molecule has 4 N–H and O–H groups in total. The van der Waals surface area contributed by atoms with Crippen LogP contribution in [0.2, 0.25) is 5.15 Å². The minimum absolute atomic E-state index is 0. The molecule has 0 spiro atoms. The average Bonchev–Trinajstić information content (AvgIpc) is 2.59. The second kappa shape index (κ2) is 8.53. The topological polar surface area (TPSA) is 87.7 Å². The van der Waals surface area contributed by atoms with E-state index in [1.54, 1.807) is 18.5 Å². The van der Waals surface area contributed by atoms with Gasteiger partial charge in [0, 0.05) is 30.2 Å². The summed E-state index contributed by atoms with van der Waals surface area (Å²) in [5.41, 5.74) is 10.4. The first-order valence-electron chi connectivity index (χ1n) is 8.71. The van der Waals surface area contributed by atoms with E-state index < -0.39 is 0 Å².